The second-order valence-corrected chi connectivity index (χ2v) is 3.70. The first kappa shape index (κ1) is 8.68. The molecule has 3 heteroatoms. The average Bonchev–Trinajstić information content (AvgIpc) is 2.29. The molecule has 3 nitrogen and oxygen atoms in total. The maximum atomic E-state index is 9.95. The van der Waals surface area contributed by atoms with Crippen molar-refractivity contribution in [2.24, 2.45) is 0 Å². The van der Waals surface area contributed by atoms with Gasteiger partial charge >= 0.3 is 0 Å². The Bertz CT molecular complexity index is 510. The topological polar surface area (TPSA) is 42.4 Å². The van der Waals surface area contributed by atoms with Gasteiger partial charge in [-0.2, -0.15) is 0 Å². The molecule has 3 rings (SSSR count). The molecular weight excluding hydrogens is 190 g/mol. The number of hydrogen-bond acceptors (Lipinski definition) is 3. The molecule has 0 radical (unpaired) electrons. The molecule has 0 saturated carbocycles. The van der Waals surface area contributed by atoms with Gasteiger partial charge in [0, 0.05) is 23.6 Å². The number of aliphatic hydroxyl groups is 1. The van der Waals surface area contributed by atoms with Crippen molar-refractivity contribution in [1.82, 2.24) is 4.98 Å². The van der Waals surface area contributed by atoms with Crippen LogP contribution in [0.15, 0.2) is 30.5 Å². The van der Waals surface area contributed by atoms with Crippen molar-refractivity contribution in [3.05, 3.63) is 36.0 Å². The molecule has 1 aromatic heterocycles. The number of nitrogens with zero attached hydrogens (tertiary/aromatic N) is 1. The molecule has 76 valence electrons. The Labute approximate surface area is 87.3 Å². The predicted octanol–water partition coefficient (Wildman–Crippen LogP) is 2.05. The summed E-state index contributed by atoms with van der Waals surface area (Å²) in [7, 11) is 0. The zero-order valence-electron chi connectivity index (χ0n) is 8.18. The van der Waals surface area contributed by atoms with E-state index < -0.39 is 6.10 Å². The van der Waals surface area contributed by atoms with Gasteiger partial charge in [0.1, 0.15) is 5.75 Å². The average molecular weight is 201 g/mol. The summed E-state index contributed by atoms with van der Waals surface area (Å²) in [5.74, 6) is 0.786. The largest absolute Gasteiger partial charge is 0.493 e. The lowest BCUT2D eigenvalue weighted by Crippen LogP contribution is -2.14. The quantitative estimate of drug-likeness (QED) is 0.709. The van der Waals surface area contributed by atoms with Gasteiger partial charge in [-0.1, -0.05) is 6.07 Å². The maximum absolute atomic E-state index is 9.95. The van der Waals surface area contributed by atoms with Gasteiger partial charge in [0.05, 0.1) is 18.2 Å². The van der Waals surface area contributed by atoms with Crippen LogP contribution < -0.4 is 4.74 Å². The highest BCUT2D eigenvalue weighted by atomic mass is 16.5. The molecule has 2 aromatic rings. The van der Waals surface area contributed by atoms with E-state index in [-0.39, 0.29) is 0 Å². The van der Waals surface area contributed by atoms with Crippen LogP contribution in [0.2, 0.25) is 0 Å². The van der Waals surface area contributed by atoms with Crippen LogP contribution in [0.3, 0.4) is 0 Å². The van der Waals surface area contributed by atoms with Gasteiger partial charge in [-0.25, -0.2) is 0 Å². The van der Waals surface area contributed by atoms with Crippen molar-refractivity contribution < 1.29 is 9.84 Å². The summed E-state index contributed by atoms with van der Waals surface area (Å²) in [6.07, 6.45) is 1.98. The Balaban J connectivity index is 2.35. The van der Waals surface area contributed by atoms with E-state index in [1.54, 1.807) is 6.20 Å². The summed E-state index contributed by atoms with van der Waals surface area (Å²) in [5.41, 5.74) is 1.78. The summed E-state index contributed by atoms with van der Waals surface area (Å²) in [5, 5.41) is 10.9. The van der Waals surface area contributed by atoms with Crippen LogP contribution in [0.4, 0.5) is 0 Å². The Morgan fingerprint density at radius 3 is 3.20 bits per heavy atom. The molecule has 1 aromatic carbocycles. The fourth-order valence-electron chi connectivity index (χ4n) is 2.05. The number of hydrogen-bond donors (Lipinski definition) is 1. The van der Waals surface area contributed by atoms with Crippen molar-refractivity contribution in [2.45, 2.75) is 12.5 Å². The van der Waals surface area contributed by atoms with E-state index in [0.29, 0.717) is 13.0 Å². The number of ether oxygens (including phenoxy) is 1. The molecule has 0 fully saturated rings. The molecule has 0 unspecified atom stereocenters. The second kappa shape index (κ2) is 3.21. The first-order valence-electron chi connectivity index (χ1n) is 5.05. The maximum Gasteiger partial charge on any atom is 0.125 e. The van der Waals surface area contributed by atoms with Gasteiger partial charge in [-0.15, -0.1) is 0 Å². The molecule has 0 spiro atoms. The fourth-order valence-corrected chi connectivity index (χ4v) is 2.05. The lowest BCUT2D eigenvalue weighted by atomic mass is 9.98. The van der Waals surface area contributed by atoms with Crippen LogP contribution in [0.1, 0.15) is 18.1 Å². The summed E-state index contributed by atoms with van der Waals surface area (Å²) in [6.45, 7) is 0.583. The van der Waals surface area contributed by atoms with Gasteiger partial charge < -0.3 is 9.84 Å². The molecule has 1 N–H and O–H groups in total. The van der Waals surface area contributed by atoms with Crippen molar-refractivity contribution in [2.75, 3.05) is 6.61 Å². The van der Waals surface area contributed by atoms with Crippen molar-refractivity contribution in [1.29, 1.82) is 0 Å². The zero-order chi connectivity index (χ0) is 10.3. The highest BCUT2D eigenvalue weighted by Crippen LogP contribution is 2.36. The Morgan fingerprint density at radius 2 is 2.27 bits per heavy atom. The third-order valence-corrected chi connectivity index (χ3v) is 2.77. The normalized spacial score (nSPS) is 19.7. The number of aromatic nitrogens is 1. The van der Waals surface area contributed by atoms with E-state index in [1.807, 2.05) is 24.3 Å². The minimum Gasteiger partial charge on any atom is -0.493 e. The van der Waals surface area contributed by atoms with Gasteiger partial charge in [0.2, 0.25) is 0 Å². The van der Waals surface area contributed by atoms with E-state index in [0.717, 1.165) is 22.2 Å². The molecular formula is C12H11NO2. The van der Waals surface area contributed by atoms with E-state index in [2.05, 4.69) is 4.98 Å². The molecule has 0 saturated heterocycles. The molecule has 15 heavy (non-hydrogen) atoms. The standard InChI is InChI=1S/C12H11NO2/c14-10-5-7-15-11-4-3-9-8(12(10)11)2-1-6-13-9/h1-4,6,10,14H,5,7H2/t10-/m0/s1. The molecule has 1 atom stereocenters. The third kappa shape index (κ3) is 1.27. The molecule has 0 bridgehead atoms. The van der Waals surface area contributed by atoms with Gasteiger partial charge in [0.25, 0.3) is 0 Å². The fraction of sp³-hybridized carbons (Fsp3) is 0.250. The summed E-state index contributed by atoms with van der Waals surface area (Å²) in [6, 6.07) is 7.66. The minimum absolute atomic E-state index is 0.429. The van der Waals surface area contributed by atoms with Crippen LogP contribution in [0.25, 0.3) is 10.9 Å². The Morgan fingerprint density at radius 1 is 1.33 bits per heavy atom. The number of benzene rings is 1. The van der Waals surface area contributed by atoms with Gasteiger partial charge in [-0.3, -0.25) is 4.98 Å². The minimum atomic E-state index is -0.429. The summed E-state index contributed by atoms with van der Waals surface area (Å²) < 4.78 is 5.51. The van der Waals surface area contributed by atoms with Gasteiger partial charge in [-0.05, 0) is 18.2 Å². The molecule has 2 heterocycles. The molecule has 0 aliphatic carbocycles. The Kier molecular flexibility index (Phi) is 1.86. The monoisotopic (exact) mass is 201 g/mol. The highest BCUT2D eigenvalue weighted by Gasteiger charge is 2.21. The number of pyridine rings is 1. The van der Waals surface area contributed by atoms with E-state index in [1.165, 1.54) is 0 Å². The Hall–Kier alpha value is -1.61. The van der Waals surface area contributed by atoms with Crippen molar-refractivity contribution >= 4 is 10.9 Å². The second-order valence-electron chi connectivity index (χ2n) is 3.70. The van der Waals surface area contributed by atoms with E-state index in [9.17, 15) is 5.11 Å². The number of fused-ring (bicyclic) bond motifs is 3. The lowest BCUT2D eigenvalue weighted by Gasteiger charge is -2.23. The molecule has 0 amide bonds. The molecule has 1 aliphatic heterocycles. The molecule has 1 aliphatic rings. The highest BCUT2D eigenvalue weighted by molar-refractivity contribution is 5.85. The number of aliphatic hydroxyl groups excluding tert-OH is 1. The van der Waals surface area contributed by atoms with Crippen LogP contribution >= 0.6 is 0 Å². The third-order valence-electron chi connectivity index (χ3n) is 2.77. The first-order valence-corrected chi connectivity index (χ1v) is 5.05. The smallest absolute Gasteiger partial charge is 0.125 e. The summed E-state index contributed by atoms with van der Waals surface area (Å²) >= 11 is 0. The lowest BCUT2D eigenvalue weighted by molar-refractivity contribution is 0.117. The van der Waals surface area contributed by atoms with Crippen molar-refractivity contribution in [3.8, 4) is 5.75 Å². The predicted molar refractivity (Wildman–Crippen MR) is 56.8 cm³/mol. The van der Waals surface area contributed by atoms with Crippen LogP contribution in [0, 0.1) is 0 Å². The van der Waals surface area contributed by atoms with E-state index in [4.69, 9.17) is 4.74 Å². The first-order chi connectivity index (χ1) is 7.36. The van der Waals surface area contributed by atoms with E-state index >= 15 is 0 Å². The SMILES string of the molecule is O[C@H]1CCOc2ccc3ncccc3c21. The zero-order valence-corrected chi connectivity index (χ0v) is 8.18. The number of rotatable bonds is 0. The van der Waals surface area contributed by atoms with Crippen LogP contribution in [0.5, 0.6) is 5.75 Å². The summed E-state index contributed by atoms with van der Waals surface area (Å²) in [4.78, 5) is 4.26. The van der Waals surface area contributed by atoms with Crippen molar-refractivity contribution in [3.63, 3.8) is 0 Å². The van der Waals surface area contributed by atoms with Crippen LogP contribution in [-0.4, -0.2) is 16.7 Å². The van der Waals surface area contributed by atoms with Crippen LogP contribution in [-0.2, 0) is 0 Å². The van der Waals surface area contributed by atoms with Gasteiger partial charge in [0.15, 0.2) is 0 Å².